The maximum atomic E-state index is 6.08. The molecule has 0 fully saturated rings. The van der Waals surface area contributed by atoms with Crippen molar-refractivity contribution in [1.82, 2.24) is 4.98 Å². The van der Waals surface area contributed by atoms with Crippen LogP contribution in [-0.4, -0.2) is 11.0 Å². The van der Waals surface area contributed by atoms with Crippen LogP contribution in [0.2, 0.25) is 0 Å². The molecule has 0 aliphatic carbocycles. The Hall–Kier alpha value is 0.120. The lowest BCUT2D eigenvalue weighted by atomic mass is 10.2. The van der Waals surface area contributed by atoms with Crippen molar-refractivity contribution in [2.75, 3.05) is 0 Å². The number of thiazole rings is 1. The van der Waals surface area contributed by atoms with Gasteiger partial charge in [-0.2, -0.15) is 0 Å². The summed E-state index contributed by atoms with van der Waals surface area (Å²) in [6, 6.07) is 4.31. The van der Waals surface area contributed by atoms with Gasteiger partial charge in [0.05, 0.1) is 9.04 Å². The second-order valence-corrected chi connectivity index (χ2v) is 8.54. The normalized spacial score (nSPS) is 14.8. The fourth-order valence-corrected chi connectivity index (χ4v) is 5.23. The molecule has 2 unspecified atom stereocenters. The Morgan fingerprint density at radius 2 is 2.24 bits per heavy atom. The highest BCUT2D eigenvalue weighted by Gasteiger charge is 2.20. The molecule has 2 rings (SSSR count). The second kappa shape index (κ2) is 5.84. The molecule has 0 aromatic carbocycles. The molecule has 0 spiro atoms. The molecule has 2 aromatic heterocycles. The Labute approximate surface area is 122 Å². The molecule has 2 nitrogen and oxygen atoms in total. The van der Waals surface area contributed by atoms with E-state index in [9.17, 15) is 0 Å². The van der Waals surface area contributed by atoms with Crippen molar-refractivity contribution < 1.29 is 0 Å². The third-order valence-corrected chi connectivity index (χ3v) is 6.59. The molecule has 6 heteroatoms. The largest absolute Gasteiger partial charge is 0.327 e. The molecule has 92 valence electrons. The van der Waals surface area contributed by atoms with E-state index in [0.29, 0.717) is 0 Å². The third-order valence-electron chi connectivity index (χ3n) is 2.18. The van der Waals surface area contributed by atoms with Crippen molar-refractivity contribution in [1.29, 1.82) is 0 Å². The summed E-state index contributed by atoms with van der Waals surface area (Å²) < 4.78 is 2.24. The standard InChI is InChI=1S/C11H13BrN2S3/c1-6-5-15-11(14-6)17-10(7(2)13)8-3-4-9(12)16-8/h3-5,7,10H,13H2,1-2H3. The van der Waals surface area contributed by atoms with Gasteiger partial charge in [0.15, 0.2) is 4.34 Å². The molecule has 0 aliphatic rings. The molecule has 2 atom stereocenters. The van der Waals surface area contributed by atoms with Crippen LogP contribution in [-0.2, 0) is 0 Å². The van der Waals surface area contributed by atoms with Crippen LogP contribution in [0.15, 0.2) is 25.6 Å². The molecule has 0 amide bonds. The third kappa shape index (κ3) is 3.54. The van der Waals surface area contributed by atoms with Crippen LogP contribution in [0.5, 0.6) is 0 Å². The smallest absolute Gasteiger partial charge is 0.150 e. The van der Waals surface area contributed by atoms with E-state index in [1.54, 1.807) is 34.4 Å². The van der Waals surface area contributed by atoms with Gasteiger partial charge in [-0.1, -0.05) is 11.8 Å². The maximum Gasteiger partial charge on any atom is 0.150 e. The van der Waals surface area contributed by atoms with E-state index in [4.69, 9.17) is 5.73 Å². The summed E-state index contributed by atoms with van der Waals surface area (Å²) in [5.41, 5.74) is 7.16. The number of nitrogens with zero attached hydrogens (tertiary/aromatic N) is 1. The molecular formula is C11H13BrN2S3. The number of aromatic nitrogens is 1. The average molecular weight is 349 g/mol. The topological polar surface area (TPSA) is 38.9 Å². The van der Waals surface area contributed by atoms with Crippen LogP contribution in [0.4, 0.5) is 0 Å². The summed E-state index contributed by atoms with van der Waals surface area (Å²) >= 11 is 8.68. The molecular weight excluding hydrogens is 336 g/mol. The van der Waals surface area contributed by atoms with Crippen LogP contribution >= 0.6 is 50.4 Å². The van der Waals surface area contributed by atoms with Crippen molar-refractivity contribution >= 4 is 50.4 Å². The van der Waals surface area contributed by atoms with Crippen LogP contribution < -0.4 is 5.73 Å². The van der Waals surface area contributed by atoms with Crippen molar-refractivity contribution in [3.05, 3.63) is 31.9 Å². The van der Waals surface area contributed by atoms with E-state index in [2.05, 4.69) is 38.4 Å². The molecule has 0 bridgehead atoms. The quantitative estimate of drug-likeness (QED) is 0.829. The minimum absolute atomic E-state index is 0.106. The lowest BCUT2D eigenvalue weighted by molar-refractivity contribution is 0.729. The van der Waals surface area contributed by atoms with Gasteiger partial charge in [-0.3, -0.25) is 0 Å². The van der Waals surface area contributed by atoms with E-state index < -0.39 is 0 Å². The summed E-state index contributed by atoms with van der Waals surface area (Å²) in [6.45, 7) is 4.06. The first-order valence-corrected chi connectivity index (χ1v) is 8.52. The number of thiophene rings is 1. The molecule has 2 heterocycles. The summed E-state index contributed by atoms with van der Waals surface area (Å²) in [6.07, 6.45) is 0. The lowest BCUT2D eigenvalue weighted by Crippen LogP contribution is -2.21. The monoisotopic (exact) mass is 348 g/mol. The minimum atomic E-state index is 0.106. The van der Waals surface area contributed by atoms with Gasteiger partial charge >= 0.3 is 0 Å². The Kier molecular flexibility index (Phi) is 4.65. The minimum Gasteiger partial charge on any atom is -0.327 e. The van der Waals surface area contributed by atoms with Gasteiger partial charge in [0.1, 0.15) is 0 Å². The van der Waals surface area contributed by atoms with E-state index in [-0.39, 0.29) is 11.3 Å². The van der Waals surface area contributed by atoms with Crippen molar-refractivity contribution in [3.8, 4) is 0 Å². The summed E-state index contributed by atoms with van der Waals surface area (Å²) in [5, 5.41) is 2.35. The molecule has 2 N–H and O–H groups in total. The molecule has 0 aliphatic heterocycles. The van der Waals surface area contributed by atoms with E-state index in [1.807, 2.05) is 13.8 Å². The van der Waals surface area contributed by atoms with Crippen molar-refractivity contribution in [3.63, 3.8) is 0 Å². The summed E-state index contributed by atoms with van der Waals surface area (Å²) in [5.74, 6) is 0. The second-order valence-electron chi connectivity index (χ2n) is 3.79. The van der Waals surface area contributed by atoms with Crippen LogP contribution in [0, 0.1) is 6.92 Å². The van der Waals surface area contributed by atoms with Gasteiger partial charge in [0, 0.05) is 22.0 Å². The van der Waals surface area contributed by atoms with Crippen molar-refractivity contribution in [2.45, 2.75) is 29.5 Å². The number of nitrogens with two attached hydrogens (primary N) is 1. The van der Waals surface area contributed by atoms with Gasteiger partial charge in [0.2, 0.25) is 0 Å². The Morgan fingerprint density at radius 1 is 1.47 bits per heavy atom. The highest BCUT2D eigenvalue weighted by molar-refractivity contribution is 9.11. The van der Waals surface area contributed by atoms with E-state index >= 15 is 0 Å². The highest BCUT2D eigenvalue weighted by atomic mass is 79.9. The zero-order chi connectivity index (χ0) is 12.4. The van der Waals surface area contributed by atoms with E-state index in [0.717, 1.165) is 13.8 Å². The van der Waals surface area contributed by atoms with Crippen LogP contribution in [0.25, 0.3) is 0 Å². The molecule has 0 saturated carbocycles. The fourth-order valence-electron chi connectivity index (χ4n) is 1.40. The number of aryl methyl sites for hydroxylation is 1. The summed E-state index contributed by atoms with van der Waals surface area (Å²) in [7, 11) is 0. The number of thioether (sulfide) groups is 1. The molecule has 0 saturated heterocycles. The Bertz CT molecular complexity index is 492. The highest BCUT2D eigenvalue weighted by Crippen LogP contribution is 2.42. The molecule has 0 radical (unpaired) electrons. The predicted octanol–water partition coefficient (Wildman–Crippen LogP) is 4.46. The predicted molar refractivity (Wildman–Crippen MR) is 81.1 cm³/mol. The number of halogens is 1. The zero-order valence-corrected chi connectivity index (χ0v) is 13.5. The van der Waals surface area contributed by atoms with Gasteiger partial charge in [-0.25, -0.2) is 4.98 Å². The summed E-state index contributed by atoms with van der Waals surface area (Å²) in [4.78, 5) is 5.78. The van der Waals surface area contributed by atoms with Gasteiger partial charge in [0.25, 0.3) is 0 Å². The van der Waals surface area contributed by atoms with Gasteiger partial charge < -0.3 is 5.73 Å². The van der Waals surface area contributed by atoms with Crippen molar-refractivity contribution in [2.24, 2.45) is 5.73 Å². The number of rotatable bonds is 4. The van der Waals surface area contributed by atoms with E-state index in [1.165, 1.54) is 4.88 Å². The first-order valence-electron chi connectivity index (χ1n) is 5.16. The number of hydrogen-bond acceptors (Lipinski definition) is 5. The first kappa shape index (κ1) is 13.5. The zero-order valence-electron chi connectivity index (χ0n) is 9.51. The Balaban J connectivity index is 2.18. The molecule has 2 aromatic rings. The van der Waals surface area contributed by atoms with Gasteiger partial charge in [-0.05, 0) is 41.9 Å². The number of hydrogen-bond donors (Lipinski definition) is 1. The SMILES string of the molecule is Cc1csc(SC(c2ccc(Br)s2)C(C)N)n1. The first-order chi connectivity index (χ1) is 8.06. The fraction of sp³-hybridized carbons (Fsp3) is 0.364. The average Bonchev–Trinajstić information content (AvgIpc) is 2.83. The Morgan fingerprint density at radius 3 is 2.71 bits per heavy atom. The molecule has 17 heavy (non-hydrogen) atoms. The van der Waals surface area contributed by atoms with Gasteiger partial charge in [-0.15, -0.1) is 22.7 Å². The maximum absolute atomic E-state index is 6.08. The van der Waals surface area contributed by atoms with Crippen LogP contribution in [0.3, 0.4) is 0 Å². The van der Waals surface area contributed by atoms with Crippen LogP contribution in [0.1, 0.15) is 22.7 Å². The lowest BCUT2D eigenvalue weighted by Gasteiger charge is -2.17.